The zero-order chi connectivity index (χ0) is 20.2. The van der Waals surface area contributed by atoms with E-state index in [0.717, 1.165) is 16.5 Å². The monoisotopic (exact) mass is 393 g/mol. The molecule has 4 rings (SSSR count). The Morgan fingerprint density at radius 2 is 1.86 bits per heavy atom. The molecule has 0 fully saturated rings. The number of carbonyl (C=O) groups excluding carboxylic acids is 1. The van der Waals surface area contributed by atoms with E-state index in [-0.39, 0.29) is 11.7 Å². The second-order valence-electron chi connectivity index (χ2n) is 6.22. The molecule has 0 aliphatic carbocycles. The minimum Gasteiger partial charge on any atom is -0.497 e. The fourth-order valence-corrected chi connectivity index (χ4v) is 2.88. The molecule has 0 saturated carbocycles. The molecule has 0 aliphatic rings. The Labute approximate surface area is 166 Å². The first kappa shape index (κ1) is 18.4. The summed E-state index contributed by atoms with van der Waals surface area (Å²) in [7, 11) is 3.21. The minimum atomic E-state index is -0.365. The van der Waals surface area contributed by atoms with Crippen molar-refractivity contribution in [1.82, 2.24) is 10.2 Å². The molecule has 0 aliphatic heterocycles. The number of benzene rings is 2. The standard InChI is InChI=1S/C21H19N3O5/c1-26-15-8-13(9-16(10-15)27-2)12-29-14-5-6-17-18(11-14)23-24-20(17)22-21(25)19-4-3-7-28-19/h3-11H,12H2,1-2H3,(H2,22,23,24,25). The van der Waals surface area contributed by atoms with Gasteiger partial charge < -0.3 is 23.9 Å². The Kier molecular flexibility index (Phi) is 5.07. The average Bonchev–Trinajstić information content (AvgIpc) is 3.42. The fraction of sp³-hybridized carbons (Fsp3) is 0.143. The van der Waals surface area contributed by atoms with E-state index in [1.165, 1.54) is 6.26 Å². The summed E-state index contributed by atoms with van der Waals surface area (Å²) in [6, 6.07) is 14.3. The number of H-pyrrole nitrogens is 1. The van der Waals surface area contributed by atoms with Crippen molar-refractivity contribution in [2.24, 2.45) is 0 Å². The Hall–Kier alpha value is -3.94. The Morgan fingerprint density at radius 3 is 2.55 bits per heavy atom. The van der Waals surface area contributed by atoms with Gasteiger partial charge in [-0.15, -0.1) is 0 Å². The maximum Gasteiger partial charge on any atom is 0.292 e. The predicted octanol–water partition coefficient (Wildman–Crippen LogP) is 4.00. The number of anilines is 1. The Bertz CT molecular complexity index is 1110. The van der Waals surface area contributed by atoms with Gasteiger partial charge in [-0.1, -0.05) is 0 Å². The molecule has 29 heavy (non-hydrogen) atoms. The molecule has 2 aromatic carbocycles. The van der Waals surface area contributed by atoms with Crippen LogP contribution in [0.5, 0.6) is 17.2 Å². The van der Waals surface area contributed by atoms with Gasteiger partial charge in [0.2, 0.25) is 0 Å². The van der Waals surface area contributed by atoms with Crippen LogP contribution < -0.4 is 19.5 Å². The molecule has 1 amide bonds. The summed E-state index contributed by atoms with van der Waals surface area (Å²) >= 11 is 0. The van der Waals surface area contributed by atoms with E-state index >= 15 is 0 Å². The van der Waals surface area contributed by atoms with Crippen molar-refractivity contribution in [1.29, 1.82) is 0 Å². The maximum atomic E-state index is 12.1. The van der Waals surface area contributed by atoms with E-state index in [4.69, 9.17) is 18.6 Å². The number of hydrogen-bond acceptors (Lipinski definition) is 6. The third-order valence-corrected chi connectivity index (χ3v) is 4.33. The summed E-state index contributed by atoms with van der Waals surface area (Å²) in [6.07, 6.45) is 1.44. The van der Waals surface area contributed by atoms with Gasteiger partial charge in [-0.3, -0.25) is 9.89 Å². The van der Waals surface area contributed by atoms with Gasteiger partial charge in [-0.05, 0) is 42.0 Å². The lowest BCUT2D eigenvalue weighted by Crippen LogP contribution is -2.11. The summed E-state index contributed by atoms with van der Waals surface area (Å²) in [4.78, 5) is 12.1. The summed E-state index contributed by atoms with van der Waals surface area (Å²) in [5.41, 5.74) is 1.65. The lowest BCUT2D eigenvalue weighted by atomic mass is 10.2. The highest BCUT2D eigenvalue weighted by Crippen LogP contribution is 2.27. The van der Waals surface area contributed by atoms with Gasteiger partial charge in [0.05, 0.1) is 26.0 Å². The van der Waals surface area contributed by atoms with Crippen molar-refractivity contribution in [3.63, 3.8) is 0 Å². The topological polar surface area (TPSA) is 98.6 Å². The van der Waals surface area contributed by atoms with Crippen LogP contribution in [0, 0.1) is 0 Å². The summed E-state index contributed by atoms with van der Waals surface area (Å²) < 4.78 is 21.5. The SMILES string of the molecule is COc1cc(COc2ccc3c(NC(=O)c4ccco4)n[nH]c3c2)cc(OC)c1. The zero-order valence-electron chi connectivity index (χ0n) is 15.9. The molecule has 0 atom stereocenters. The number of nitrogens with zero attached hydrogens (tertiary/aromatic N) is 1. The lowest BCUT2D eigenvalue weighted by Gasteiger charge is -2.10. The first-order valence-corrected chi connectivity index (χ1v) is 8.84. The number of nitrogens with one attached hydrogen (secondary N) is 2. The molecule has 0 radical (unpaired) electrons. The molecule has 4 aromatic rings. The molecule has 2 aromatic heterocycles. The highest BCUT2D eigenvalue weighted by atomic mass is 16.5. The highest BCUT2D eigenvalue weighted by Gasteiger charge is 2.13. The van der Waals surface area contributed by atoms with E-state index in [9.17, 15) is 4.79 Å². The smallest absolute Gasteiger partial charge is 0.292 e. The van der Waals surface area contributed by atoms with E-state index in [2.05, 4.69) is 15.5 Å². The van der Waals surface area contributed by atoms with Crippen molar-refractivity contribution in [2.75, 3.05) is 19.5 Å². The molecule has 2 heterocycles. The highest BCUT2D eigenvalue weighted by molar-refractivity contribution is 6.06. The van der Waals surface area contributed by atoms with Crippen LogP contribution >= 0.6 is 0 Å². The number of ether oxygens (including phenoxy) is 3. The van der Waals surface area contributed by atoms with Gasteiger partial charge in [0.1, 0.15) is 23.9 Å². The number of carbonyl (C=O) groups is 1. The van der Waals surface area contributed by atoms with Crippen LogP contribution in [0.2, 0.25) is 0 Å². The van der Waals surface area contributed by atoms with Gasteiger partial charge in [-0.25, -0.2) is 0 Å². The molecule has 8 nitrogen and oxygen atoms in total. The van der Waals surface area contributed by atoms with Crippen LogP contribution in [0.25, 0.3) is 10.9 Å². The van der Waals surface area contributed by atoms with Crippen LogP contribution in [0.3, 0.4) is 0 Å². The number of methoxy groups -OCH3 is 2. The molecule has 0 spiro atoms. The van der Waals surface area contributed by atoms with Crippen LogP contribution in [-0.4, -0.2) is 30.3 Å². The third kappa shape index (κ3) is 4.01. The number of amides is 1. The van der Waals surface area contributed by atoms with Crippen LogP contribution in [0.15, 0.2) is 59.2 Å². The molecule has 0 saturated heterocycles. The van der Waals surface area contributed by atoms with Crippen molar-refractivity contribution < 1.29 is 23.4 Å². The number of hydrogen-bond donors (Lipinski definition) is 2. The summed E-state index contributed by atoms with van der Waals surface area (Å²) in [5, 5.41) is 10.6. The first-order valence-electron chi connectivity index (χ1n) is 8.84. The van der Waals surface area contributed by atoms with Crippen LogP contribution in [0.4, 0.5) is 5.82 Å². The molecular weight excluding hydrogens is 374 g/mol. The van der Waals surface area contributed by atoms with Crippen molar-refractivity contribution >= 4 is 22.6 Å². The fourth-order valence-electron chi connectivity index (χ4n) is 2.88. The molecule has 8 heteroatoms. The lowest BCUT2D eigenvalue weighted by molar-refractivity contribution is 0.0996. The Balaban J connectivity index is 1.48. The van der Waals surface area contributed by atoms with Crippen LogP contribution in [0.1, 0.15) is 16.1 Å². The van der Waals surface area contributed by atoms with Crippen molar-refractivity contribution in [2.45, 2.75) is 6.61 Å². The number of rotatable bonds is 7. The molecule has 148 valence electrons. The molecular formula is C21H19N3O5. The normalized spacial score (nSPS) is 10.7. The van der Waals surface area contributed by atoms with Gasteiger partial charge in [-0.2, -0.15) is 5.10 Å². The largest absolute Gasteiger partial charge is 0.497 e. The number of aromatic nitrogens is 2. The second-order valence-corrected chi connectivity index (χ2v) is 6.22. The maximum absolute atomic E-state index is 12.1. The van der Waals surface area contributed by atoms with Gasteiger partial charge in [0.25, 0.3) is 5.91 Å². The number of fused-ring (bicyclic) bond motifs is 1. The van der Waals surface area contributed by atoms with Crippen LogP contribution in [-0.2, 0) is 6.61 Å². The summed E-state index contributed by atoms with van der Waals surface area (Å²) in [6.45, 7) is 0.343. The molecule has 0 unspecified atom stereocenters. The summed E-state index contributed by atoms with van der Waals surface area (Å²) in [5.74, 6) is 2.33. The third-order valence-electron chi connectivity index (χ3n) is 4.33. The van der Waals surface area contributed by atoms with Gasteiger partial charge >= 0.3 is 0 Å². The van der Waals surface area contributed by atoms with Gasteiger partial charge in [0.15, 0.2) is 11.6 Å². The zero-order valence-corrected chi connectivity index (χ0v) is 15.9. The van der Waals surface area contributed by atoms with E-state index in [1.54, 1.807) is 32.4 Å². The molecule has 0 bridgehead atoms. The molecule has 2 N–H and O–H groups in total. The minimum absolute atomic E-state index is 0.217. The number of aromatic amines is 1. The average molecular weight is 393 g/mol. The first-order chi connectivity index (χ1) is 14.2. The second kappa shape index (κ2) is 7.97. The number of furan rings is 1. The van der Waals surface area contributed by atoms with Gasteiger partial charge in [0, 0.05) is 17.5 Å². The quantitative estimate of drug-likeness (QED) is 0.492. The van der Waals surface area contributed by atoms with E-state index < -0.39 is 0 Å². The predicted molar refractivity (Wildman–Crippen MR) is 107 cm³/mol. The van der Waals surface area contributed by atoms with E-state index in [1.807, 2.05) is 30.3 Å². The van der Waals surface area contributed by atoms with Crippen molar-refractivity contribution in [3.05, 3.63) is 66.1 Å². The Morgan fingerprint density at radius 1 is 1.07 bits per heavy atom. The van der Waals surface area contributed by atoms with E-state index in [0.29, 0.717) is 29.7 Å². The van der Waals surface area contributed by atoms with Crippen molar-refractivity contribution in [3.8, 4) is 17.2 Å².